The van der Waals surface area contributed by atoms with Gasteiger partial charge in [0.15, 0.2) is 11.6 Å². The lowest BCUT2D eigenvalue weighted by atomic mass is 10.0. The molecule has 0 atom stereocenters. The summed E-state index contributed by atoms with van der Waals surface area (Å²) in [5.41, 5.74) is 14.4. The van der Waals surface area contributed by atoms with Gasteiger partial charge in [0.05, 0.1) is 31.5 Å². The first-order valence-corrected chi connectivity index (χ1v) is 24.1. The molecular weight excluding hydrogens is 859 g/mol. The molecule has 14 aromatic rings. The Labute approximate surface area is 401 Å². The minimum absolute atomic E-state index is 0.571. The maximum Gasteiger partial charge on any atom is 0.238 e. The van der Waals surface area contributed by atoms with E-state index in [1.165, 1.54) is 53.1 Å². The van der Waals surface area contributed by atoms with Gasteiger partial charge >= 0.3 is 0 Å². The van der Waals surface area contributed by atoms with Gasteiger partial charge in [0.2, 0.25) is 5.95 Å². The second kappa shape index (κ2) is 15.8. The quantitative estimate of drug-likeness (QED) is 0.160. The van der Waals surface area contributed by atoms with E-state index in [0.717, 1.165) is 60.9 Å². The maximum absolute atomic E-state index is 5.44. The summed E-state index contributed by atoms with van der Waals surface area (Å²) >= 11 is 1.86. The van der Waals surface area contributed by atoms with Crippen molar-refractivity contribution < 1.29 is 0 Å². The van der Waals surface area contributed by atoms with Crippen LogP contribution in [0.2, 0.25) is 0 Å². The van der Waals surface area contributed by atoms with E-state index in [-0.39, 0.29) is 0 Å². The number of para-hydroxylation sites is 2. The lowest BCUT2D eigenvalue weighted by Gasteiger charge is -2.12. The summed E-state index contributed by atoms with van der Waals surface area (Å²) in [5.74, 6) is 1.79. The monoisotopic (exact) mass is 897 g/mol. The Balaban J connectivity index is 1.02. The van der Waals surface area contributed by atoms with Crippen LogP contribution in [0.4, 0.5) is 0 Å². The van der Waals surface area contributed by atoms with Gasteiger partial charge in [-0.15, -0.1) is 11.3 Å². The van der Waals surface area contributed by atoms with Gasteiger partial charge in [-0.05, 0) is 63.7 Å². The summed E-state index contributed by atoms with van der Waals surface area (Å²) in [6, 6.07) is 84.3. The van der Waals surface area contributed by atoms with Crippen LogP contribution in [0.3, 0.4) is 0 Å². The fraction of sp³-hybridized carbons (Fsp3) is 0. The number of fused-ring (bicyclic) bond motifs is 11. The van der Waals surface area contributed by atoms with Gasteiger partial charge in [0.25, 0.3) is 0 Å². The minimum atomic E-state index is 0.571. The van der Waals surface area contributed by atoms with Crippen LogP contribution in [0, 0.1) is 0 Å². The van der Waals surface area contributed by atoms with Crippen molar-refractivity contribution in [2.75, 3.05) is 0 Å². The zero-order valence-electron chi connectivity index (χ0n) is 37.2. The van der Waals surface area contributed by atoms with Crippen LogP contribution in [-0.4, -0.2) is 24.1 Å². The minimum Gasteiger partial charge on any atom is -0.308 e. The highest BCUT2D eigenvalue weighted by molar-refractivity contribution is 7.27. The molecule has 0 fully saturated rings. The van der Waals surface area contributed by atoms with E-state index in [4.69, 9.17) is 15.0 Å². The molecule has 0 aliphatic carbocycles. The Hall–Kier alpha value is -8.97. The Morgan fingerprint density at radius 1 is 0.275 bits per heavy atom. The summed E-state index contributed by atoms with van der Waals surface area (Å²) in [6.45, 7) is 0. The molecule has 0 aliphatic rings. The van der Waals surface area contributed by atoms with Crippen molar-refractivity contribution >= 4 is 75.1 Å². The maximum atomic E-state index is 5.44. The van der Waals surface area contributed by atoms with Crippen LogP contribution in [-0.2, 0) is 0 Å². The number of hydrogen-bond donors (Lipinski definition) is 0. The van der Waals surface area contributed by atoms with E-state index in [1.54, 1.807) is 0 Å². The molecule has 0 amide bonds. The third-order valence-electron chi connectivity index (χ3n) is 13.6. The van der Waals surface area contributed by atoms with Crippen molar-refractivity contribution in [3.05, 3.63) is 237 Å². The van der Waals surface area contributed by atoms with E-state index >= 15 is 0 Å². The molecule has 4 aromatic heterocycles. The lowest BCUT2D eigenvalue weighted by molar-refractivity contribution is 0.955. The molecule has 0 aliphatic heterocycles. The molecular formula is C63H39N5S. The standard InChI is InChI=1S/C63H39N5S/c1-4-15-40(16-5-1)43-27-29-45(30-28-43)61-64-62(47-22-14-21-46(39-47)42-19-8-3-9-20-42)66-63(65-61)68-56-26-13-11-24-50(56)52-36-38-54-53-37-35-51-49-23-10-12-25-55(49)67(57(51)59(53)69-60(54)58(52)68)48-33-31-44(32-34-48)41-17-6-2-7-18-41/h1-39H. The van der Waals surface area contributed by atoms with Crippen LogP contribution in [0.1, 0.15) is 0 Å². The normalized spacial score (nSPS) is 11.8. The number of hydrogen-bond acceptors (Lipinski definition) is 4. The number of rotatable bonds is 7. The van der Waals surface area contributed by atoms with Gasteiger partial charge in [-0.1, -0.05) is 206 Å². The highest BCUT2D eigenvalue weighted by Gasteiger charge is 2.24. The third kappa shape index (κ3) is 6.41. The number of thiophene rings is 1. The summed E-state index contributed by atoms with van der Waals surface area (Å²) < 4.78 is 7.17. The smallest absolute Gasteiger partial charge is 0.238 e. The third-order valence-corrected chi connectivity index (χ3v) is 14.8. The predicted octanol–water partition coefficient (Wildman–Crippen LogP) is 16.8. The Bertz CT molecular complexity index is 4270. The molecule has 0 saturated carbocycles. The second-order valence-electron chi connectivity index (χ2n) is 17.6. The Morgan fingerprint density at radius 2 is 0.681 bits per heavy atom. The molecule has 0 unspecified atom stereocenters. The topological polar surface area (TPSA) is 48.5 Å². The van der Waals surface area contributed by atoms with Crippen LogP contribution in [0.25, 0.3) is 132 Å². The van der Waals surface area contributed by atoms with E-state index in [9.17, 15) is 0 Å². The number of aromatic nitrogens is 5. The highest BCUT2D eigenvalue weighted by atomic mass is 32.1. The molecule has 0 spiro atoms. The molecule has 69 heavy (non-hydrogen) atoms. The van der Waals surface area contributed by atoms with E-state index < -0.39 is 0 Å². The van der Waals surface area contributed by atoms with Crippen LogP contribution >= 0.6 is 11.3 Å². The average Bonchev–Trinajstić information content (AvgIpc) is 4.10. The van der Waals surface area contributed by atoms with Crippen molar-refractivity contribution in [2.45, 2.75) is 0 Å². The van der Waals surface area contributed by atoms with Crippen LogP contribution in [0.15, 0.2) is 237 Å². The highest BCUT2D eigenvalue weighted by Crippen LogP contribution is 2.47. The molecule has 4 heterocycles. The fourth-order valence-electron chi connectivity index (χ4n) is 10.3. The fourth-order valence-corrected chi connectivity index (χ4v) is 11.7. The van der Waals surface area contributed by atoms with E-state index in [1.807, 2.05) is 23.5 Å². The summed E-state index contributed by atoms with van der Waals surface area (Å²) in [6.07, 6.45) is 0. The largest absolute Gasteiger partial charge is 0.308 e. The first-order chi connectivity index (χ1) is 34.2. The molecule has 0 saturated heterocycles. The lowest BCUT2D eigenvalue weighted by Crippen LogP contribution is -2.06. The molecule has 322 valence electrons. The second-order valence-corrected chi connectivity index (χ2v) is 18.6. The zero-order valence-corrected chi connectivity index (χ0v) is 38.0. The average molecular weight is 898 g/mol. The van der Waals surface area contributed by atoms with Crippen LogP contribution in [0.5, 0.6) is 0 Å². The van der Waals surface area contributed by atoms with Gasteiger partial charge in [0, 0.05) is 49.1 Å². The summed E-state index contributed by atoms with van der Waals surface area (Å²) in [4.78, 5) is 16.1. The van der Waals surface area contributed by atoms with Gasteiger partial charge in [-0.25, -0.2) is 4.98 Å². The van der Waals surface area contributed by atoms with Crippen LogP contribution < -0.4 is 0 Å². The van der Waals surface area contributed by atoms with Crippen molar-refractivity contribution in [1.82, 2.24) is 24.1 Å². The molecule has 5 nitrogen and oxygen atoms in total. The predicted molar refractivity (Wildman–Crippen MR) is 289 cm³/mol. The first kappa shape index (κ1) is 39.2. The first-order valence-electron chi connectivity index (χ1n) is 23.3. The zero-order chi connectivity index (χ0) is 45.4. The molecule has 6 heteroatoms. The Morgan fingerprint density at radius 3 is 1.26 bits per heavy atom. The molecule has 0 radical (unpaired) electrons. The summed E-state index contributed by atoms with van der Waals surface area (Å²) in [5, 5.41) is 7.19. The van der Waals surface area contributed by atoms with E-state index in [0.29, 0.717) is 17.6 Å². The molecule has 0 N–H and O–H groups in total. The number of benzene rings is 10. The Kier molecular flexibility index (Phi) is 9.00. The van der Waals surface area contributed by atoms with Crippen molar-refractivity contribution in [2.24, 2.45) is 0 Å². The molecule has 0 bridgehead atoms. The molecule has 14 rings (SSSR count). The van der Waals surface area contributed by atoms with E-state index in [2.05, 4.69) is 234 Å². The SMILES string of the molecule is c1ccc(-c2ccc(-c3nc(-c4cccc(-c5ccccc5)c4)nc(-n4c5ccccc5c5ccc6c7ccc8c9ccccc9n(-c9ccc(-c%10ccccc%10)cc9)c8c7sc6c54)n3)cc2)cc1. The molecule has 10 aromatic carbocycles. The summed E-state index contributed by atoms with van der Waals surface area (Å²) in [7, 11) is 0. The van der Waals surface area contributed by atoms with Crippen molar-refractivity contribution in [1.29, 1.82) is 0 Å². The van der Waals surface area contributed by atoms with Gasteiger partial charge < -0.3 is 4.57 Å². The van der Waals surface area contributed by atoms with Gasteiger partial charge in [0.1, 0.15) is 0 Å². The van der Waals surface area contributed by atoms with Crippen molar-refractivity contribution in [3.63, 3.8) is 0 Å². The number of nitrogens with zero attached hydrogens (tertiary/aromatic N) is 5. The van der Waals surface area contributed by atoms with Gasteiger partial charge in [-0.3, -0.25) is 4.57 Å². The van der Waals surface area contributed by atoms with Crippen molar-refractivity contribution in [3.8, 4) is 67.8 Å². The van der Waals surface area contributed by atoms with Gasteiger partial charge in [-0.2, -0.15) is 9.97 Å².